The van der Waals surface area contributed by atoms with Gasteiger partial charge in [0.1, 0.15) is 0 Å². The number of carbonyl (C=O) groups is 2. The number of nitrogens with zero attached hydrogens (tertiary/aromatic N) is 3. The first-order chi connectivity index (χ1) is 12.5. The zero-order chi connectivity index (χ0) is 18.5. The summed E-state index contributed by atoms with van der Waals surface area (Å²) in [5, 5.41) is 0. The summed E-state index contributed by atoms with van der Waals surface area (Å²) in [6.07, 6.45) is 3.30. The zero-order valence-electron chi connectivity index (χ0n) is 16.0. The molecule has 0 aliphatic carbocycles. The van der Waals surface area contributed by atoms with E-state index in [4.69, 9.17) is 5.73 Å². The molecule has 0 radical (unpaired) electrons. The highest BCUT2D eigenvalue weighted by atomic mass is 35.5. The number of urea groups is 1. The molecule has 1 aromatic rings. The molecule has 1 aromatic carbocycles. The van der Waals surface area contributed by atoms with Crippen LogP contribution in [0.1, 0.15) is 31.2 Å². The second kappa shape index (κ2) is 9.95. The molecule has 2 fully saturated rings. The van der Waals surface area contributed by atoms with E-state index < -0.39 is 0 Å². The molecule has 7 heteroatoms. The topological polar surface area (TPSA) is 69.9 Å². The van der Waals surface area contributed by atoms with Gasteiger partial charge >= 0.3 is 6.03 Å². The fraction of sp³-hybridized carbons (Fsp3) is 0.600. The first-order valence-corrected chi connectivity index (χ1v) is 9.63. The molecule has 150 valence electrons. The quantitative estimate of drug-likeness (QED) is 0.855. The smallest absolute Gasteiger partial charge is 0.320 e. The Labute approximate surface area is 168 Å². The van der Waals surface area contributed by atoms with E-state index in [1.54, 1.807) is 4.90 Å². The van der Waals surface area contributed by atoms with Crippen LogP contribution in [-0.4, -0.2) is 65.9 Å². The molecule has 2 saturated heterocycles. The maximum Gasteiger partial charge on any atom is 0.320 e. The highest BCUT2D eigenvalue weighted by Gasteiger charge is 2.32. The minimum Gasteiger partial charge on any atom is -0.342 e. The number of amides is 3. The second-order valence-electron chi connectivity index (χ2n) is 7.55. The molecule has 0 spiro atoms. The van der Waals surface area contributed by atoms with Gasteiger partial charge in [0.05, 0.1) is 0 Å². The van der Waals surface area contributed by atoms with Crippen molar-refractivity contribution in [3.8, 4) is 0 Å². The maximum atomic E-state index is 12.7. The van der Waals surface area contributed by atoms with Crippen molar-refractivity contribution in [3.63, 3.8) is 0 Å². The van der Waals surface area contributed by atoms with Crippen LogP contribution in [0.25, 0.3) is 0 Å². The van der Waals surface area contributed by atoms with E-state index in [0.717, 1.165) is 44.3 Å². The summed E-state index contributed by atoms with van der Waals surface area (Å²) in [6, 6.07) is 10.3. The van der Waals surface area contributed by atoms with Gasteiger partial charge in [0.2, 0.25) is 5.91 Å². The Morgan fingerprint density at radius 1 is 1.00 bits per heavy atom. The van der Waals surface area contributed by atoms with Crippen LogP contribution in [0.2, 0.25) is 0 Å². The van der Waals surface area contributed by atoms with Crippen LogP contribution in [0, 0.1) is 5.92 Å². The van der Waals surface area contributed by atoms with Gasteiger partial charge in [-0.1, -0.05) is 30.3 Å². The number of carbonyl (C=O) groups excluding carboxylic acids is 2. The van der Waals surface area contributed by atoms with Crippen molar-refractivity contribution in [1.82, 2.24) is 14.7 Å². The standard InChI is InChI=1S/C20H30N4O2.ClH/c1-22(15-16-5-3-2-4-6-16)20(26)24-11-7-17(8-12-24)19(25)23-13-9-18(21)10-14-23;/h2-6,17-18H,7-15,21H2,1H3;1H. The third-order valence-corrected chi connectivity index (χ3v) is 5.56. The number of nitrogens with two attached hydrogens (primary N) is 1. The lowest BCUT2D eigenvalue weighted by atomic mass is 9.94. The van der Waals surface area contributed by atoms with Gasteiger partial charge in [-0.25, -0.2) is 4.79 Å². The maximum absolute atomic E-state index is 12.7. The molecule has 3 rings (SSSR count). The van der Waals surface area contributed by atoms with Crippen LogP contribution in [-0.2, 0) is 11.3 Å². The average Bonchev–Trinajstić information content (AvgIpc) is 2.68. The first kappa shape index (κ1) is 21.5. The van der Waals surface area contributed by atoms with Crippen LogP contribution in [0.5, 0.6) is 0 Å². The molecule has 0 atom stereocenters. The third-order valence-electron chi connectivity index (χ3n) is 5.56. The van der Waals surface area contributed by atoms with E-state index >= 15 is 0 Å². The van der Waals surface area contributed by atoms with Crippen molar-refractivity contribution < 1.29 is 9.59 Å². The van der Waals surface area contributed by atoms with E-state index in [0.29, 0.717) is 19.6 Å². The van der Waals surface area contributed by atoms with Gasteiger partial charge in [0.15, 0.2) is 0 Å². The van der Waals surface area contributed by atoms with Crippen molar-refractivity contribution in [2.45, 2.75) is 38.3 Å². The molecule has 2 N–H and O–H groups in total. The lowest BCUT2D eigenvalue weighted by Crippen LogP contribution is -2.49. The number of rotatable bonds is 3. The monoisotopic (exact) mass is 394 g/mol. The Hall–Kier alpha value is -1.79. The van der Waals surface area contributed by atoms with Crippen LogP contribution in [0.4, 0.5) is 4.79 Å². The van der Waals surface area contributed by atoms with E-state index in [1.807, 2.05) is 47.2 Å². The Morgan fingerprint density at radius 2 is 1.56 bits per heavy atom. The second-order valence-corrected chi connectivity index (χ2v) is 7.55. The normalized spacial score (nSPS) is 18.7. The van der Waals surface area contributed by atoms with Gasteiger partial charge in [0.25, 0.3) is 0 Å². The summed E-state index contributed by atoms with van der Waals surface area (Å²) in [5.74, 6) is 0.300. The van der Waals surface area contributed by atoms with Gasteiger partial charge < -0.3 is 20.4 Å². The summed E-state index contributed by atoms with van der Waals surface area (Å²) in [5.41, 5.74) is 7.05. The van der Waals surface area contributed by atoms with Gasteiger partial charge in [-0.3, -0.25) is 4.79 Å². The molecule has 0 bridgehead atoms. The van der Waals surface area contributed by atoms with Crippen molar-refractivity contribution in [3.05, 3.63) is 35.9 Å². The molecule has 2 aliphatic heterocycles. The van der Waals surface area contributed by atoms with Crippen LogP contribution < -0.4 is 5.73 Å². The Balaban J connectivity index is 0.00000261. The van der Waals surface area contributed by atoms with E-state index in [9.17, 15) is 9.59 Å². The molecular weight excluding hydrogens is 364 g/mol. The summed E-state index contributed by atoms with van der Waals surface area (Å²) >= 11 is 0. The molecule has 2 heterocycles. The fourth-order valence-corrected chi connectivity index (χ4v) is 3.86. The Kier molecular flexibility index (Phi) is 7.92. The van der Waals surface area contributed by atoms with E-state index in [1.165, 1.54) is 0 Å². The highest BCUT2D eigenvalue weighted by Crippen LogP contribution is 2.22. The lowest BCUT2D eigenvalue weighted by molar-refractivity contribution is -0.138. The average molecular weight is 395 g/mol. The Bertz CT molecular complexity index is 612. The van der Waals surface area contributed by atoms with Gasteiger partial charge in [-0.2, -0.15) is 0 Å². The Morgan fingerprint density at radius 3 is 2.15 bits per heavy atom. The van der Waals surface area contributed by atoms with Crippen LogP contribution >= 0.6 is 12.4 Å². The first-order valence-electron chi connectivity index (χ1n) is 9.63. The summed E-state index contributed by atoms with van der Waals surface area (Å²) in [4.78, 5) is 30.9. The van der Waals surface area contributed by atoms with Crippen molar-refractivity contribution in [1.29, 1.82) is 0 Å². The number of hydrogen-bond acceptors (Lipinski definition) is 3. The number of benzene rings is 1. The molecule has 0 saturated carbocycles. The van der Waals surface area contributed by atoms with Gasteiger partial charge in [-0.05, 0) is 31.2 Å². The minimum atomic E-state index is 0. The fourth-order valence-electron chi connectivity index (χ4n) is 3.86. The molecule has 3 amide bonds. The third kappa shape index (κ3) is 5.59. The zero-order valence-corrected chi connectivity index (χ0v) is 16.9. The number of hydrogen-bond donors (Lipinski definition) is 1. The lowest BCUT2D eigenvalue weighted by Gasteiger charge is -2.37. The number of likely N-dealkylation sites (tertiary alicyclic amines) is 2. The summed E-state index contributed by atoms with van der Waals surface area (Å²) in [7, 11) is 1.84. The van der Waals surface area contributed by atoms with E-state index in [2.05, 4.69) is 0 Å². The van der Waals surface area contributed by atoms with Gasteiger partial charge in [0, 0.05) is 51.7 Å². The van der Waals surface area contributed by atoms with E-state index in [-0.39, 0.29) is 36.3 Å². The minimum absolute atomic E-state index is 0. The van der Waals surface area contributed by atoms with Crippen LogP contribution in [0.15, 0.2) is 30.3 Å². The predicted octanol–water partition coefficient (Wildman–Crippen LogP) is 2.32. The molecule has 0 unspecified atom stereocenters. The largest absolute Gasteiger partial charge is 0.342 e. The predicted molar refractivity (Wildman–Crippen MR) is 109 cm³/mol. The molecule has 2 aliphatic rings. The SMILES string of the molecule is CN(Cc1ccccc1)C(=O)N1CCC(C(=O)N2CCC(N)CC2)CC1.Cl. The summed E-state index contributed by atoms with van der Waals surface area (Å²) < 4.78 is 0. The summed E-state index contributed by atoms with van der Waals surface area (Å²) in [6.45, 7) is 3.47. The highest BCUT2D eigenvalue weighted by molar-refractivity contribution is 5.85. The molecule has 27 heavy (non-hydrogen) atoms. The molecule has 6 nitrogen and oxygen atoms in total. The van der Waals surface area contributed by atoms with Crippen molar-refractivity contribution in [2.75, 3.05) is 33.2 Å². The van der Waals surface area contributed by atoms with Crippen molar-refractivity contribution in [2.24, 2.45) is 11.7 Å². The number of piperidine rings is 2. The molecule has 0 aromatic heterocycles. The van der Waals surface area contributed by atoms with Crippen LogP contribution in [0.3, 0.4) is 0 Å². The molecular formula is C20H31ClN4O2. The van der Waals surface area contributed by atoms with Gasteiger partial charge in [-0.15, -0.1) is 12.4 Å². The van der Waals surface area contributed by atoms with Crippen molar-refractivity contribution >= 4 is 24.3 Å². The number of halogens is 1.